The van der Waals surface area contributed by atoms with Gasteiger partial charge < -0.3 is 24.5 Å². The van der Waals surface area contributed by atoms with Gasteiger partial charge in [0.15, 0.2) is 0 Å². The van der Waals surface area contributed by atoms with Gasteiger partial charge in [0.2, 0.25) is 5.91 Å². The van der Waals surface area contributed by atoms with Gasteiger partial charge in [0, 0.05) is 71.7 Å². The van der Waals surface area contributed by atoms with Crippen molar-refractivity contribution in [3.05, 3.63) is 65.4 Å². The molecule has 12 heteroatoms. The lowest BCUT2D eigenvalue weighted by molar-refractivity contribution is -0.130. The van der Waals surface area contributed by atoms with Crippen LogP contribution in [-0.2, 0) is 17.8 Å². The van der Waals surface area contributed by atoms with Crippen LogP contribution in [0, 0.1) is 18.3 Å². The van der Waals surface area contributed by atoms with Crippen molar-refractivity contribution in [1.82, 2.24) is 19.8 Å². The standard InChI is InChI=1S/C34H42FN7O3Si/c1-23-6-3-7-24-8-4-9-29(31(23)24)40-14-11-27-28(20-40)37-33(45-21-26-18-25(35)19-39(26)2)38-32(27)41-15-16-42(30(44)10-5-17-43)34(46,22-41)12-13-36/h3-10,25-26,43H,11-12,14-22H2,1-2,46H3/b10-5+/t25-,26-,34+/m1/s1. The highest BCUT2D eigenvalue weighted by Gasteiger charge is 2.41. The molecule has 0 bridgehead atoms. The second kappa shape index (κ2) is 13.4. The minimum atomic E-state index is -0.871. The Labute approximate surface area is 272 Å². The van der Waals surface area contributed by atoms with Gasteiger partial charge in [0.05, 0.1) is 36.5 Å². The molecular weight excluding hydrogens is 602 g/mol. The fourth-order valence-corrected chi connectivity index (χ4v) is 8.24. The highest BCUT2D eigenvalue weighted by molar-refractivity contribution is 6.18. The predicted molar refractivity (Wildman–Crippen MR) is 180 cm³/mol. The van der Waals surface area contributed by atoms with Gasteiger partial charge in [-0.3, -0.25) is 9.69 Å². The molecule has 2 saturated heterocycles. The number of nitriles is 1. The van der Waals surface area contributed by atoms with Crippen LogP contribution in [0.2, 0.25) is 0 Å². The number of aryl methyl sites for hydroxylation is 1. The van der Waals surface area contributed by atoms with E-state index in [9.17, 15) is 19.6 Å². The van der Waals surface area contributed by atoms with E-state index >= 15 is 0 Å². The Morgan fingerprint density at radius 3 is 2.76 bits per heavy atom. The Bertz CT molecular complexity index is 1680. The number of rotatable bonds is 8. The average molecular weight is 644 g/mol. The number of piperazine rings is 1. The van der Waals surface area contributed by atoms with Crippen LogP contribution >= 0.6 is 0 Å². The van der Waals surface area contributed by atoms with Crippen molar-refractivity contribution < 1.29 is 19.0 Å². The van der Waals surface area contributed by atoms with Crippen LogP contribution in [0.1, 0.15) is 29.7 Å². The number of ether oxygens (including phenoxy) is 1. The summed E-state index contributed by atoms with van der Waals surface area (Å²) < 4.78 is 20.3. The molecule has 3 atom stereocenters. The average Bonchev–Trinajstić information content (AvgIpc) is 3.37. The molecule has 0 saturated carbocycles. The molecule has 3 aromatic rings. The maximum atomic E-state index is 14.1. The van der Waals surface area contributed by atoms with Gasteiger partial charge in [0.1, 0.15) is 18.6 Å². The Balaban J connectivity index is 1.34. The third-order valence-electron chi connectivity index (χ3n) is 9.66. The zero-order valence-corrected chi connectivity index (χ0v) is 28.8. The van der Waals surface area contributed by atoms with Crippen LogP contribution < -0.4 is 14.5 Å². The van der Waals surface area contributed by atoms with Crippen molar-refractivity contribution in [3.63, 3.8) is 0 Å². The number of carbonyl (C=O) groups excluding carboxylic acids is 1. The van der Waals surface area contributed by atoms with E-state index in [1.165, 1.54) is 34.2 Å². The summed E-state index contributed by atoms with van der Waals surface area (Å²) in [5, 5.41) is 20.8. The Hall–Kier alpha value is -4.05. The fraction of sp³-hybridized carbons (Fsp3) is 0.471. The molecule has 1 N–H and O–H groups in total. The Morgan fingerprint density at radius 2 is 2.02 bits per heavy atom. The number of aromatic nitrogens is 2. The molecule has 0 spiro atoms. The third kappa shape index (κ3) is 6.32. The van der Waals surface area contributed by atoms with Crippen molar-refractivity contribution in [2.45, 2.75) is 50.1 Å². The number of aliphatic hydroxyl groups is 1. The number of nitrogens with zero attached hydrogens (tertiary/aromatic N) is 7. The lowest BCUT2D eigenvalue weighted by Gasteiger charge is -2.49. The predicted octanol–water partition coefficient (Wildman–Crippen LogP) is 2.09. The van der Waals surface area contributed by atoms with E-state index in [0.29, 0.717) is 56.0 Å². The third-order valence-corrected chi connectivity index (χ3v) is 10.9. The first kappa shape index (κ1) is 31.9. The quantitative estimate of drug-likeness (QED) is 0.292. The van der Waals surface area contributed by atoms with Crippen LogP contribution in [0.15, 0.2) is 48.6 Å². The number of likely N-dealkylation sites (N-methyl/N-ethyl adjacent to an activating group) is 1. The summed E-state index contributed by atoms with van der Waals surface area (Å²) in [5.74, 6) is 0.591. The molecule has 4 heterocycles. The number of hydrogen-bond donors (Lipinski definition) is 1. The largest absolute Gasteiger partial charge is 0.462 e. The first-order valence-electron chi connectivity index (χ1n) is 16.0. The van der Waals surface area contributed by atoms with Crippen LogP contribution in [0.5, 0.6) is 6.01 Å². The maximum Gasteiger partial charge on any atom is 0.318 e. The SMILES string of the molecule is Cc1cccc2cccc(N3CCc4c(nc(OC[C@H]5C[C@@H](F)CN5C)nc4N4CCN(C(=O)/C=C/CO)[C@]([SiH3])(CC#N)C4)C3)c12. The number of benzene rings is 2. The van der Waals surface area contributed by atoms with Gasteiger partial charge in [0.25, 0.3) is 0 Å². The van der Waals surface area contributed by atoms with Crippen LogP contribution in [-0.4, -0.2) is 111 Å². The molecule has 3 aliphatic heterocycles. The number of carbonyl (C=O) groups is 1. The van der Waals surface area contributed by atoms with E-state index in [-0.39, 0.29) is 31.0 Å². The summed E-state index contributed by atoms with van der Waals surface area (Å²) in [5.41, 5.74) is 4.34. The summed E-state index contributed by atoms with van der Waals surface area (Å²) in [6, 6.07) is 15.3. The molecule has 10 nitrogen and oxygen atoms in total. The first-order valence-corrected chi connectivity index (χ1v) is 17.0. The van der Waals surface area contributed by atoms with Crippen molar-refractivity contribution in [2.75, 3.05) is 62.8 Å². The molecule has 2 fully saturated rings. The molecular formula is C34H42FN7O3Si. The molecule has 1 aromatic heterocycles. The van der Waals surface area contributed by atoms with Gasteiger partial charge in [-0.2, -0.15) is 15.2 Å². The van der Waals surface area contributed by atoms with Crippen LogP contribution in [0.4, 0.5) is 15.9 Å². The van der Waals surface area contributed by atoms with Gasteiger partial charge in [-0.15, -0.1) is 0 Å². The van der Waals surface area contributed by atoms with E-state index in [1.807, 2.05) is 11.9 Å². The number of amides is 1. The second-order valence-corrected chi connectivity index (χ2v) is 14.8. The minimum Gasteiger partial charge on any atom is -0.462 e. The Kier molecular flexibility index (Phi) is 9.26. The van der Waals surface area contributed by atoms with Gasteiger partial charge in [-0.1, -0.05) is 36.4 Å². The zero-order valence-electron chi connectivity index (χ0n) is 26.8. The number of likely N-dealkylation sites (tertiary alicyclic amines) is 1. The zero-order chi connectivity index (χ0) is 32.4. The van der Waals surface area contributed by atoms with E-state index in [0.717, 1.165) is 30.0 Å². The molecule has 0 radical (unpaired) electrons. The van der Waals surface area contributed by atoms with E-state index in [1.54, 1.807) is 4.90 Å². The lowest BCUT2D eigenvalue weighted by atomic mass is 9.99. The molecule has 46 heavy (non-hydrogen) atoms. The summed E-state index contributed by atoms with van der Waals surface area (Å²) in [6.07, 6.45) is 3.31. The summed E-state index contributed by atoms with van der Waals surface area (Å²) in [7, 11) is 2.48. The maximum absolute atomic E-state index is 14.1. The Morgan fingerprint density at radius 1 is 1.22 bits per heavy atom. The highest BCUT2D eigenvalue weighted by Crippen LogP contribution is 2.37. The highest BCUT2D eigenvalue weighted by atomic mass is 28.1. The van der Waals surface area contributed by atoms with Crippen LogP contribution in [0.25, 0.3) is 10.8 Å². The van der Waals surface area contributed by atoms with Crippen molar-refractivity contribution in [3.8, 4) is 12.1 Å². The smallest absolute Gasteiger partial charge is 0.318 e. The van der Waals surface area contributed by atoms with Gasteiger partial charge >= 0.3 is 6.01 Å². The van der Waals surface area contributed by atoms with Crippen LogP contribution in [0.3, 0.4) is 0 Å². The monoisotopic (exact) mass is 643 g/mol. The second-order valence-electron chi connectivity index (χ2n) is 12.9. The van der Waals surface area contributed by atoms with E-state index in [2.05, 4.69) is 59.2 Å². The molecule has 0 aliphatic carbocycles. The molecule has 1 amide bonds. The van der Waals surface area contributed by atoms with Crippen molar-refractivity contribution >= 4 is 38.4 Å². The molecule has 6 rings (SSSR count). The number of fused-ring (bicyclic) bond motifs is 2. The number of hydrogen-bond acceptors (Lipinski definition) is 9. The number of anilines is 2. The molecule has 2 aromatic carbocycles. The number of halogens is 1. The van der Waals surface area contributed by atoms with E-state index in [4.69, 9.17) is 14.7 Å². The lowest BCUT2D eigenvalue weighted by Crippen LogP contribution is -2.64. The molecule has 0 unspecified atom stereocenters. The summed E-state index contributed by atoms with van der Waals surface area (Å²) in [4.78, 5) is 31.3. The van der Waals surface area contributed by atoms with E-state index < -0.39 is 11.3 Å². The first-order chi connectivity index (χ1) is 22.2. The normalized spacial score (nSPS) is 23.7. The summed E-state index contributed by atoms with van der Waals surface area (Å²) >= 11 is 0. The minimum absolute atomic E-state index is 0.0558. The topological polar surface area (TPSA) is 109 Å². The molecule has 242 valence electrons. The van der Waals surface area contributed by atoms with Gasteiger partial charge in [-0.25, -0.2) is 4.39 Å². The number of aliphatic hydroxyl groups excluding tert-OH is 1. The fourth-order valence-electron chi connectivity index (χ4n) is 7.25. The summed E-state index contributed by atoms with van der Waals surface area (Å²) in [6.45, 7) is 5.42. The molecule has 3 aliphatic rings. The van der Waals surface area contributed by atoms with Crippen molar-refractivity contribution in [2.24, 2.45) is 0 Å². The number of alkyl halides is 1. The van der Waals surface area contributed by atoms with Gasteiger partial charge in [-0.05, 0) is 43.8 Å². The van der Waals surface area contributed by atoms with Crippen molar-refractivity contribution in [1.29, 1.82) is 5.26 Å².